The minimum atomic E-state index is -1.62. The first kappa shape index (κ1) is 25.1. The predicted octanol–water partition coefficient (Wildman–Crippen LogP) is 3.32. The van der Waals surface area contributed by atoms with Crippen LogP contribution in [0.3, 0.4) is 0 Å². The lowest BCUT2D eigenvalue weighted by Gasteiger charge is -2.52. The van der Waals surface area contributed by atoms with E-state index in [0.717, 1.165) is 44.0 Å². The van der Waals surface area contributed by atoms with Gasteiger partial charge in [-0.1, -0.05) is 0 Å². The van der Waals surface area contributed by atoms with Gasteiger partial charge in [0, 0.05) is 17.3 Å². The van der Waals surface area contributed by atoms with Gasteiger partial charge in [-0.3, -0.25) is 9.78 Å². The Morgan fingerprint density at radius 1 is 1.24 bits per heavy atom. The van der Waals surface area contributed by atoms with Gasteiger partial charge in [0.1, 0.15) is 12.2 Å². The third-order valence-corrected chi connectivity index (χ3v) is 7.95. The highest BCUT2D eigenvalue weighted by molar-refractivity contribution is 6.00. The third kappa shape index (κ3) is 4.89. The second kappa shape index (κ2) is 9.08. The Morgan fingerprint density at radius 3 is 2.59 bits per heavy atom. The van der Waals surface area contributed by atoms with Crippen molar-refractivity contribution >= 4 is 17.1 Å². The minimum absolute atomic E-state index is 0.0981. The summed E-state index contributed by atoms with van der Waals surface area (Å²) < 4.78 is 16.0. The average Bonchev–Trinajstić information content (AvgIpc) is 3.30. The molecule has 0 spiro atoms. The van der Waals surface area contributed by atoms with E-state index in [1.807, 2.05) is 18.2 Å². The van der Waals surface area contributed by atoms with Crippen LogP contribution in [-0.4, -0.2) is 55.0 Å². The van der Waals surface area contributed by atoms with Gasteiger partial charge in [-0.05, 0) is 76.6 Å². The van der Waals surface area contributed by atoms with Gasteiger partial charge in [-0.25, -0.2) is 8.91 Å². The number of hydrogen-bond acceptors (Lipinski definition) is 7. The van der Waals surface area contributed by atoms with Crippen LogP contribution in [0, 0.1) is 11.3 Å². The molecule has 3 aromatic heterocycles. The zero-order valence-electron chi connectivity index (χ0n) is 21.1. The van der Waals surface area contributed by atoms with Crippen LogP contribution in [-0.2, 0) is 0 Å². The maximum atomic E-state index is 14.3. The van der Waals surface area contributed by atoms with Crippen LogP contribution in [0.25, 0.3) is 16.9 Å². The Hall–Kier alpha value is -3.55. The summed E-state index contributed by atoms with van der Waals surface area (Å²) in [5, 5.41) is 29.7. The number of carbonyl (C=O) groups is 1. The molecule has 3 fully saturated rings. The van der Waals surface area contributed by atoms with Crippen LogP contribution in [0.15, 0.2) is 36.7 Å². The van der Waals surface area contributed by atoms with E-state index in [-0.39, 0.29) is 17.6 Å². The molecule has 3 aliphatic carbocycles. The number of nitrogens with two attached hydrogens (primary N) is 1. The van der Waals surface area contributed by atoms with Crippen LogP contribution in [0.5, 0.6) is 0 Å². The van der Waals surface area contributed by atoms with Crippen LogP contribution < -0.4 is 16.4 Å². The fourth-order valence-corrected chi connectivity index (χ4v) is 5.35. The van der Waals surface area contributed by atoms with E-state index in [4.69, 9.17) is 5.73 Å². The molecule has 0 radical (unpaired) electrons. The van der Waals surface area contributed by atoms with Crippen molar-refractivity contribution in [2.75, 3.05) is 11.9 Å². The van der Waals surface area contributed by atoms with Crippen molar-refractivity contribution in [3.8, 4) is 17.5 Å². The highest BCUT2D eigenvalue weighted by Crippen LogP contribution is 2.47. The first-order chi connectivity index (χ1) is 17.5. The summed E-state index contributed by atoms with van der Waals surface area (Å²) in [6.07, 6.45) is 6.83. The molecule has 2 bridgehead atoms. The zero-order valence-corrected chi connectivity index (χ0v) is 21.1. The number of fused-ring (bicyclic) bond motifs is 4. The molecule has 5 N–H and O–H groups in total. The van der Waals surface area contributed by atoms with Gasteiger partial charge in [-0.2, -0.15) is 10.4 Å². The monoisotopic (exact) mass is 505 g/mol. The molecule has 194 valence electrons. The van der Waals surface area contributed by atoms with Gasteiger partial charge in [0.05, 0.1) is 52.1 Å². The number of carbonyl (C=O) groups excluding carboxylic acids is 1. The first-order valence-corrected chi connectivity index (χ1v) is 12.6. The first-order valence-electron chi connectivity index (χ1n) is 12.6. The maximum absolute atomic E-state index is 14.3. The van der Waals surface area contributed by atoms with Crippen molar-refractivity contribution in [3.63, 3.8) is 0 Å². The number of alkyl halides is 1. The van der Waals surface area contributed by atoms with E-state index in [1.165, 1.54) is 26.2 Å². The highest BCUT2D eigenvalue weighted by atomic mass is 19.1. The number of aromatic nitrogens is 3. The number of nitrogens with zero attached hydrogens (tertiary/aromatic N) is 4. The second-order valence-electron chi connectivity index (χ2n) is 11.1. The third-order valence-electron chi connectivity index (χ3n) is 7.95. The molecule has 3 saturated carbocycles. The summed E-state index contributed by atoms with van der Waals surface area (Å²) in [6.45, 7) is 2.41. The molecule has 0 aliphatic heterocycles. The normalized spacial score (nSPS) is 24.0. The van der Waals surface area contributed by atoms with Crippen molar-refractivity contribution in [1.82, 2.24) is 19.9 Å². The summed E-state index contributed by atoms with van der Waals surface area (Å²) in [5.74, 6) is -0.471. The lowest BCUT2D eigenvalue weighted by Crippen LogP contribution is -2.58. The molecule has 37 heavy (non-hydrogen) atoms. The second-order valence-corrected chi connectivity index (χ2v) is 11.1. The SMILES string of the molecule is CC(C)(O)C(F)CNC(=O)c1cnc(-c2ccc3cc(C#N)cnn23)cc1NC12CCC(N)(CC1)CC2. The van der Waals surface area contributed by atoms with Gasteiger partial charge < -0.3 is 21.5 Å². The molecule has 0 saturated heterocycles. The number of hydrogen-bond donors (Lipinski definition) is 4. The number of nitrogens with one attached hydrogen (secondary N) is 2. The average molecular weight is 506 g/mol. The van der Waals surface area contributed by atoms with Crippen molar-refractivity contribution < 1.29 is 14.3 Å². The van der Waals surface area contributed by atoms with Crippen LogP contribution in [0.1, 0.15) is 68.3 Å². The van der Waals surface area contributed by atoms with Crippen molar-refractivity contribution in [3.05, 3.63) is 47.8 Å². The summed E-state index contributed by atoms with van der Waals surface area (Å²) in [4.78, 5) is 17.7. The maximum Gasteiger partial charge on any atom is 0.255 e. The smallest absolute Gasteiger partial charge is 0.255 e. The Kier molecular flexibility index (Phi) is 6.16. The largest absolute Gasteiger partial charge is 0.387 e. The molecule has 3 aliphatic rings. The predicted molar refractivity (Wildman–Crippen MR) is 138 cm³/mol. The Morgan fingerprint density at radius 2 is 1.95 bits per heavy atom. The van der Waals surface area contributed by atoms with Crippen molar-refractivity contribution in [2.45, 2.75) is 75.2 Å². The van der Waals surface area contributed by atoms with E-state index >= 15 is 0 Å². The van der Waals surface area contributed by atoms with Crippen LogP contribution >= 0.6 is 0 Å². The fourth-order valence-electron chi connectivity index (χ4n) is 5.35. The highest BCUT2D eigenvalue weighted by Gasteiger charge is 2.47. The van der Waals surface area contributed by atoms with Gasteiger partial charge in [-0.15, -0.1) is 0 Å². The number of aliphatic hydroxyl groups is 1. The number of rotatable bonds is 7. The number of anilines is 1. The summed E-state index contributed by atoms with van der Waals surface area (Å²) in [7, 11) is 0. The van der Waals surface area contributed by atoms with E-state index < -0.39 is 17.7 Å². The van der Waals surface area contributed by atoms with E-state index in [9.17, 15) is 19.6 Å². The molecule has 9 nitrogen and oxygen atoms in total. The van der Waals surface area contributed by atoms with E-state index in [1.54, 1.807) is 10.6 Å². The topological polar surface area (TPSA) is 141 Å². The lowest BCUT2D eigenvalue weighted by molar-refractivity contribution is -0.00177. The number of nitriles is 1. The van der Waals surface area contributed by atoms with Crippen LogP contribution in [0.2, 0.25) is 0 Å². The fraction of sp³-hybridized carbons (Fsp3) is 0.481. The number of pyridine rings is 1. The quantitative estimate of drug-likeness (QED) is 0.386. The molecular formula is C27H32FN7O2. The summed E-state index contributed by atoms with van der Waals surface area (Å²) in [6, 6.07) is 9.39. The zero-order chi connectivity index (χ0) is 26.4. The van der Waals surface area contributed by atoms with E-state index in [0.29, 0.717) is 28.2 Å². The molecule has 3 aromatic rings. The molecule has 1 amide bonds. The van der Waals surface area contributed by atoms with Crippen LogP contribution in [0.4, 0.5) is 10.1 Å². The Bertz CT molecular complexity index is 1360. The molecule has 3 heterocycles. The molecule has 1 atom stereocenters. The van der Waals surface area contributed by atoms with Gasteiger partial charge >= 0.3 is 0 Å². The molecular weight excluding hydrogens is 473 g/mol. The molecule has 10 heteroatoms. The van der Waals surface area contributed by atoms with Crippen molar-refractivity contribution in [1.29, 1.82) is 5.26 Å². The van der Waals surface area contributed by atoms with Gasteiger partial charge in [0.2, 0.25) is 0 Å². The Labute approximate surface area is 214 Å². The lowest BCUT2D eigenvalue weighted by atomic mass is 9.62. The minimum Gasteiger partial charge on any atom is -0.387 e. The molecule has 6 rings (SSSR count). The standard InChI is InChI=1S/C27H32FN7O2/c1-25(2,37)23(28)16-32-24(36)19-15-31-21(22-4-3-18-11-17(13-29)14-33-35(18)22)12-20(19)34-27-8-5-26(30,6-9-27)7-10-27/h3-4,11-12,14-15,23,37H,5-10,16,30H2,1-2H3,(H,31,34)(H,32,36). The summed E-state index contributed by atoms with van der Waals surface area (Å²) >= 11 is 0. The molecule has 0 aromatic carbocycles. The summed E-state index contributed by atoms with van der Waals surface area (Å²) in [5.41, 5.74) is 8.11. The Balaban J connectivity index is 1.49. The van der Waals surface area contributed by atoms with Crippen molar-refractivity contribution in [2.24, 2.45) is 5.73 Å². The van der Waals surface area contributed by atoms with Gasteiger partial charge in [0.15, 0.2) is 0 Å². The number of amides is 1. The van der Waals surface area contributed by atoms with Gasteiger partial charge in [0.25, 0.3) is 5.91 Å². The van der Waals surface area contributed by atoms with E-state index in [2.05, 4.69) is 26.8 Å². The number of halogens is 1. The molecule has 1 unspecified atom stereocenters.